The van der Waals surface area contributed by atoms with Crippen molar-refractivity contribution in [3.05, 3.63) is 22.5 Å². The van der Waals surface area contributed by atoms with Crippen molar-refractivity contribution in [1.29, 1.82) is 0 Å². The summed E-state index contributed by atoms with van der Waals surface area (Å²) in [5.74, 6) is 0.198. The van der Waals surface area contributed by atoms with Gasteiger partial charge in [-0.25, -0.2) is 0 Å². The number of hydrogen-bond donors (Lipinski definition) is 2. The molecule has 62 valence electrons. The second-order valence-electron chi connectivity index (χ2n) is 2.42. The van der Waals surface area contributed by atoms with E-state index in [-0.39, 0.29) is 5.75 Å². The number of halogens is 1. The minimum absolute atomic E-state index is 0.198. The normalized spacial score (nSPS) is 10.8. The quantitative estimate of drug-likeness (QED) is 0.646. The number of thiophene rings is 1. The molecule has 0 spiro atoms. The number of thiol groups is 1. The van der Waals surface area contributed by atoms with Crippen LogP contribution in [0.1, 0.15) is 0 Å². The molecule has 0 unspecified atom stereocenters. The van der Waals surface area contributed by atoms with E-state index in [2.05, 4.69) is 12.6 Å². The van der Waals surface area contributed by atoms with Crippen LogP contribution in [0.5, 0.6) is 5.75 Å². The molecule has 0 aliphatic heterocycles. The van der Waals surface area contributed by atoms with Gasteiger partial charge in [0, 0.05) is 25.4 Å². The third kappa shape index (κ3) is 1.18. The number of hydrogen-bond acceptors (Lipinski definition) is 3. The van der Waals surface area contributed by atoms with Gasteiger partial charge < -0.3 is 5.11 Å². The van der Waals surface area contributed by atoms with Gasteiger partial charge in [-0.15, -0.1) is 24.0 Å². The van der Waals surface area contributed by atoms with Gasteiger partial charge in [-0.05, 0) is 12.1 Å². The first-order chi connectivity index (χ1) is 5.68. The van der Waals surface area contributed by atoms with Gasteiger partial charge in [-0.3, -0.25) is 0 Å². The highest BCUT2D eigenvalue weighted by molar-refractivity contribution is 7.80. The van der Waals surface area contributed by atoms with E-state index in [1.165, 1.54) is 17.4 Å². The van der Waals surface area contributed by atoms with E-state index in [0.29, 0.717) is 5.02 Å². The summed E-state index contributed by atoms with van der Waals surface area (Å²) in [6.07, 6.45) is 0. The molecule has 1 N–H and O–H groups in total. The van der Waals surface area contributed by atoms with Crippen molar-refractivity contribution in [2.75, 3.05) is 0 Å². The van der Waals surface area contributed by atoms with Gasteiger partial charge in [-0.2, -0.15) is 0 Å². The lowest BCUT2D eigenvalue weighted by atomic mass is 10.2. The van der Waals surface area contributed by atoms with Crippen molar-refractivity contribution in [3.8, 4) is 5.75 Å². The number of aromatic hydroxyl groups is 1. The molecule has 0 aliphatic carbocycles. The molecule has 1 aromatic heterocycles. The van der Waals surface area contributed by atoms with Crippen LogP contribution in [0.15, 0.2) is 22.4 Å². The van der Waals surface area contributed by atoms with Crippen LogP contribution in [0.2, 0.25) is 5.02 Å². The molecule has 0 radical (unpaired) electrons. The van der Waals surface area contributed by atoms with Crippen LogP contribution in [0, 0.1) is 0 Å². The molecule has 2 aromatic rings. The summed E-state index contributed by atoms with van der Waals surface area (Å²) in [6, 6.07) is 3.34. The lowest BCUT2D eigenvalue weighted by Gasteiger charge is -1.96. The average molecular weight is 217 g/mol. The summed E-state index contributed by atoms with van der Waals surface area (Å²) in [5, 5.41) is 12.7. The first-order valence-corrected chi connectivity index (χ1v) is 4.97. The largest absolute Gasteiger partial charge is 0.507 e. The zero-order chi connectivity index (χ0) is 8.72. The van der Waals surface area contributed by atoms with Gasteiger partial charge in [0.25, 0.3) is 0 Å². The van der Waals surface area contributed by atoms with Crippen molar-refractivity contribution in [3.63, 3.8) is 0 Å². The third-order valence-electron chi connectivity index (χ3n) is 1.60. The molecule has 4 heteroatoms. The minimum Gasteiger partial charge on any atom is -0.507 e. The predicted octanol–water partition coefficient (Wildman–Crippen LogP) is 3.55. The number of phenolic OH excluding ortho intramolecular Hbond substituents is 1. The van der Waals surface area contributed by atoms with Crippen LogP contribution < -0.4 is 0 Å². The topological polar surface area (TPSA) is 20.2 Å². The van der Waals surface area contributed by atoms with E-state index in [9.17, 15) is 5.11 Å². The Labute approximate surface area is 84.0 Å². The monoisotopic (exact) mass is 216 g/mol. The Kier molecular flexibility index (Phi) is 1.94. The summed E-state index contributed by atoms with van der Waals surface area (Å²) >= 11 is 11.5. The Balaban J connectivity index is 2.93. The molecule has 0 saturated heterocycles. The number of benzene rings is 1. The van der Waals surface area contributed by atoms with Gasteiger partial charge in [0.15, 0.2) is 0 Å². The fourth-order valence-corrected chi connectivity index (χ4v) is 2.73. The molecular formula is C8H5ClOS2. The Morgan fingerprint density at radius 1 is 1.42 bits per heavy atom. The van der Waals surface area contributed by atoms with Crippen molar-refractivity contribution in [2.45, 2.75) is 4.90 Å². The zero-order valence-electron chi connectivity index (χ0n) is 5.91. The molecule has 0 saturated carbocycles. The lowest BCUT2D eigenvalue weighted by Crippen LogP contribution is -1.68. The standard InChI is InChI=1S/C8H5ClOS2/c9-4-1-5(10)8-6(11)3-12-7(8)2-4/h1-3,10-11H. The molecular weight excluding hydrogens is 212 g/mol. The third-order valence-corrected chi connectivity index (χ3v) is 3.27. The lowest BCUT2D eigenvalue weighted by molar-refractivity contribution is 0.481. The number of phenols is 1. The SMILES string of the molecule is Oc1cc(Cl)cc2scc(S)c12. The van der Waals surface area contributed by atoms with Crippen molar-refractivity contribution in [2.24, 2.45) is 0 Å². The molecule has 1 nitrogen and oxygen atoms in total. The van der Waals surface area contributed by atoms with Gasteiger partial charge in [-0.1, -0.05) is 11.6 Å². The molecule has 1 heterocycles. The molecule has 0 fully saturated rings. The maximum Gasteiger partial charge on any atom is 0.126 e. The molecule has 1 aromatic carbocycles. The highest BCUT2D eigenvalue weighted by Gasteiger charge is 2.06. The molecule has 12 heavy (non-hydrogen) atoms. The fraction of sp³-hybridized carbons (Fsp3) is 0. The molecule has 0 atom stereocenters. The Hall–Kier alpha value is -0.380. The van der Waals surface area contributed by atoms with Gasteiger partial charge >= 0.3 is 0 Å². The van der Waals surface area contributed by atoms with Crippen molar-refractivity contribution >= 4 is 45.7 Å². The average Bonchev–Trinajstić information content (AvgIpc) is 2.31. The van der Waals surface area contributed by atoms with E-state index in [1.807, 2.05) is 11.4 Å². The summed E-state index contributed by atoms with van der Waals surface area (Å²) in [6.45, 7) is 0. The van der Waals surface area contributed by atoms with Gasteiger partial charge in [0.05, 0.1) is 0 Å². The predicted molar refractivity (Wildman–Crippen MR) is 55.8 cm³/mol. The fourth-order valence-electron chi connectivity index (χ4n) is 1.10. The van der Waals surface area contributed by atoms with Gasteiger partial charge in [0.1, 0.15) is 5.75 Å². The summed E-state index contributed by atoms with van der Waals surface area (Å²) in [5.41, 5.74) is 0. The van der Waals surface area contributed by atoms with E-state index < -0.39 is 0 Å². The van der Waals surface area contributed by atoms with Crippen molar-refractivity contribution < 1.29 is 5.11 Å². The highest BCUT2D eigenvalue weighted by atomic mass is 35.5. The Bertz CT molecular complexity index is 436. The maximum atomic E-state index is 9.50. The molecule has 0 bridgehead atoms. The van der Waals surface area contributed by atoms with Crippen molar-refractivity contribution in [1.82, 2.24) is 0 Å². The number of rotatable bonds is 0. The van der Waals surface area contributed by atoms with Crippen LogP contribution in [0.25, 0.3) is 10.1 Å². The summed E-state index contributed by atoms with van der Waals surface area (Å²) < 4.78 is 0.963. The Morgan fingerprint density at radius 2 is 2.17 bits per heavy atom. The summed E-state index contributed by atoms with van der Waals surface area (Å²) in [4.78, 5) is 0.796. The van der Waals surface area contributed by atoms with E-state index in [4.69, 9.17) is 11.6 Å². The minimum atomic E-state index is 0.198. The highest BCUT2D eigenvalue weighted by Crippen LogP contribution is 2.37. The Morgan fingerprint density at radius 3 is 2.92 bits per heavy atom. The van der Waals surface area contributed by atoms with Crippen LogP contribution in [-0.4, -0.2) is 5.11 Å². The number of fused-ring (bicyclic) bond motifs is 1. The molecule has 0 aliphatic rings. The van der Waals surface area contributed by atoms with E-state index >= 15 is 0 Å². The first kappa shape index (κ1) is 8.23. The maximum absolute atomic E-state index is 9.50. The van der Waals surface area contributed by atoms with E-state index in [0.717, 1.165) is 15.0 Å². The second kappa shape index (κ2) is 2.83. The van der Waals surface area contributed by atoms with Crippen LogP contribution in [0.3, 0.4) is 0 Å². The van der Waals surface area contributed by atoms with Gasteiger partial charge in [0.2, 0.25) is 0 Å². The second-order valence-corrected chi connectivity index (χ2v) is 4.25. The molecule has 2 rings (SSSR count). The molecule has 0 amide bonds. The van der Waals surface area contributed by atoms with Crippen LogP contribution in [-0.2, 0) is 0 Å². The van der Waals surface area contributed by atoms with Crippen LogP contribution >= 0.6 is 35.6 Å². The summed E-state index contributed by atoms with van der Waals surface area (Å²) in [7, 11) is 0. The first-order valence-electron chi connectivity index (χ1n) is 3.27. The van der Waals surface area contributed by atoms with Crippen LogP contribution in [0.4, 0.5) is 0 Å². The zero-order valence-corrected chi connectivity index (χ0v) is 8.38. The van der Waals surface area contributed by atoms with E-state index in [1.54, 1.807) is 0 Å². The smallest absolute Gasteiger partial charge is 0.126 e.